The summed E-state index contributed by atoms with van der Waals surface area (Å²) in [6.45, 7) is 18.6. The molecule has 1 aromatic rings. The van der Waals surface area contributed by atoms with Crippen LogP contribution in [-0.2, 0) is 23.8 Å². The Balaban J connectivity index is 0. The Morgan fingerprint density at radius 3 is 1.40 bits per heavy atom. The number of ether oxygens (including phenoxy) is 3. The Morgan fingerprint density at radius 2 is 0.935 bits per heavy atom. The molecule has 0 aliphatic heterocycles. The van der Waals surface area contributed by atoms with Crippen molar-refractivity contribution in [3.63, 3.8) is 0 Å². The van der Waals surface area contributed by atoms with Crippen LogP contribution in [-0.4, -0.2) is 88.7 Å². The van der Waals surface area contributed by atoms with E-state index in [1.807, 2.05) is 0 Å². The number of anilines is 2. The van der Waals surface area contributed by atoms with E-state index < -0.39 is 10.9 Å². The van der Waals surface area contributed by atoms with E-state index in [9.17, 15) is 14.4 Å². The highest BCUT2D eigenvalue weighted by molar-refractivity contribution is 5.73. The molecule has 0 aromatic heterocycles. The quantitative estimate of drug-likeness (QED) is 0.0327. The number of carboxylic acid groups (broad SMARTS) is 1. The third-order valence-corrected chi connectivity index (χ3v) is 11.7. The number of nitrogens with zero attached hydrogens (tertiary/aromatic N) is 1. The van der Waals surface area contributed by atoms with Gasteiger partial charge in [0.25, 0.3) is 23.8 Å². The number of carbonyl (C=O) groups excluding carboxylic acids is 1. The number of hydrogen-bond donors (Lipinski definition) is 3. The molecule has 11 nitrogen and oxygen atoms in total. The first kappa shape index (κ1) is 61.6. The van der Waals surface area contributed by atoms with Gasteiger partial charge in [0, 0.05) is 53.1 Å². The van der Waals surface area contributed by atoms with Crippen LogP contribution in [0, 0.1) is 5.92 Å². The molecule has 1 aromatic carbocycles. The van der Waals surface area contributed by atoms with Crippen molar-refractivity contribution in [2.45, 2.75) is 227 Å². The van der Waals surface area contributed by atoms with Crippen LogP contribution in [0.15, 0.2) is 9.59 Å². The van der Waals surface area contributed by atoms with Gasteiger partial charge in [-0.05, 0) is 76.7 Å². The maximum atomic E-state index is 11.8. The first-order valence-corrected chi connectivity index (χ1v) is 25.6. The highest BCUT2D eigenvalue weighted by Gasteiger charge is 2.19. The summed E-state index contributed by atoms with van der Waals surface area (Å²) in [6.07, 6.45) is 36.6. The van der Waals surface area contributed by atoms with E-state index in [1.54, 1.807) is 7.05 Å². The molecule has 1 rings (SSSR count). The molecule has 0 spiro atoms. The molecule has 0 aliphatic rings. The monoisotopic (exact) mass is 882 g/mol. The molecular formula is C51H99N3O8. The normalized spacial score (nSPS) is 11.5. The van der Waals surface area contributed by atoms with Crippen LogP contribution < -0.4 is 21.5 Å². The Kier molecular flexibility index (Phi) is 49.2. The van der Waals surface area contributed by atoms with Gasteiger partial charge in [-0.2, -0.15) is 0 Å². The van der Waals surface area contributed by atoms with Crippen molar-refractivity contribution in [3.05, 3.63) is 20.4 Å². The molecule has 0 saturated heterocycles. The fourth-order valence-corrected chi connectivity index (χ4v) is 7.78. The van der Waals surface area contributed by atoms with Crippen LogP contribution in [0.2, 0.25) is 0 Å². The standard InChI is InChI=1S/C32H61N3O4.C18H36O2.CH2O2/c1-5-8-10-11-12-13-18-28(7-3)19-14-25-39-27-17-23-35(22-16-26-38-24-9-6-2)21-15-20-34-30-29(33-4)31(36)32(30)37;1-3-5-7-9-11-13-15-18(20-17-19)16-14-12-10-8-6-4-2;2-1-3/h28,33-34H,5-27H2,1-4H3;17-18H,3-16H2,1-2H3;1H,(H,2,3). The van der Waals surface area contributed by atoms with E-state index in [0.29, 0.717) is 24.4 Å². The number of nitrogens with one attached hydrogen (secondary N) is 2. The molecule has 366 valence electrons. The number of carbonyl (C=O) groups is 2. The zero-order valence-corrected chi connectivity index (χ0v) is 41.2. The van der Waals surface area contributed by atoms with Crippen molar-refractivity contribution >= 4 is 24.3 Å². The fraction of sp³-hybridized carbons (Fsp3) is 0.882. The second-order valence-corrected chi connectivity index (χ2v) is 17.1. The molecule has 1 atom stereocenters. The summed E-state index contributed by atoms with van der Waals surface area (Å²) in [5, 5.41) is 12.8. The average molecular weight is 882 g/mol. The van der Waals surface area contributed by atoms with E-state index in [-0.39, 0.29) is 12.6 Å². The largest absolute Gasteiger partial charge is 0.483 e. The number of unbranched alkanes of at least 4 members (excludes halogenated alkanes) is 16. The number of rotatable bonds is 45. The minimum absolute atomic E-state index is 0.171. The lowest BCUT2D eigenvalue weighted by Crippen LogP contribution is -2.37. The predicted molar refractivity (Wildman–Crippen MR) is 263 cm³/mol. The molecule has 11 heteroatoms. The molecule has 0 heterocycles. The molecule has 0 saturated carbocycles. The second kappa shape index (κ2) is 49.5. The van der Waals surface area contributed by atoms with Crippen molar-refractivity contribution in [2.75, 3.05) is 70.3 Å². The second-order valence-electron chi connectivity index (χ2n) is 17.1. The van der Waals surface area contributed by atoms with E-state index in [4.69, 9.17) is 24.1 Å². The van der Waals surface area contributed by atoms with Gasteiger partial charge in [0.2, 0.25) is 0 Å². The Hall–Kier alpha value is -2.50. The van der Waals surface area contributed by atoms with Gasteiger partial charge in [0.15, 0.2) is 0 Å². The Morgan fingerprint density at radius 1 is 0.532 bits per heavy atom. The van der Waals surface area contributed by atoms with E-state index in [2.05, 4.69) is 50.2 Å². The third-order valence-electron chi connectivity index (χ3n) is 11.7. The van der Waals surface area contributed by atoms with Crippen molar-refractivity contribution in [1.82, 2.24) is 4.90 Å². The summed E-state index contributed by atoms with van der Waals surface area (Å²) in [6, 6.07) is 0. The van der Waals surface area contributed by atoms with Crippen LogP contribution in [0.4, 0.5) is 11.4 Å². The number of hydrogen-bond acceptors (Lipinski definition) is 10. The van der Waals surface area contributed by atoms with Crippen LogP contribution in [0.5, 0.6) is 0 Å². The van der Waals surface area contributed by atoms with E-state index in [1.165, 1.54) is 141 Å². The summed E-state index contributed by atoms with van der Waals surface area (Å²) in [5.74, 6) is 0.858. The maximum absolute atomic E-state index is 11.8. The van der Waals surface area contributed by atoms with Gasteiger partial charge in [-0.1, -0.05) is 157 Å². The van der Waals surface area contributed by atoms with Gasteiger partial charge >= 0.3 is 0 Å². The highest BCUT2D eigenvalue weighted by Crippen LogP contribution is 2.20. The van der Waals surface area contributed by atoms with E-state index >= 15 is 0 Å². The van der Waals surface area contributed by atoms with Gasteiger partial charge < -0.3 is 34.9 Å². The summed E-state index contributed by atoms with van der Waals surface area (Å²) in [4.78, 5) is 44.7. The van der Waals surface area contributed by atoms with Crippen molar-refractivity contribution < 1.29 is 28.9 Å². The molecule has 0 aliphatic carbocycles. The average Bonchev–Trinajstić information content (AvgIpc) is 3.28. The summed E-state index contributed by atoms with van der Waals surface area (Å²) >= 11 is 0. The van der Waals surface area contributed by atoms with Crippen LogP contribution >= 0.6 is 0 Å². The summed E-state index contributed by atoms with van der Waals surface area (Å²) in [5.41, 5.74) is 0.00734. The molecular weight excluding hydrogens is 783 g/mol. The lowest BCUT2D eigenvalue weighted by Gasteiger charge is -2.23. The van der Waals surface area contributed by atoms with Crippen LogP contribution in [0.3, 0.4) is 0 Å². The summed E-state index contributed by atoms with van der Waals surface area (Å²) < 4.78 is 17.0. The molecule has 0 amide bonds. The van der Waals surface area contributed by atoms with Crippen molar-refractivity contribution in [2.24, 2.45) is 5.92 Å². The Bertz CT molecular complexity index is 1130. The first-order chi connectivity index (χ1) is 30.3. The zero-order valence-electron chi connectivity index (χ0n) is 41.2. The lowest BCUT2D eigenvalue weighted by molar-refractivity contribution is -0.134. The third kappa shape index (κ3) is 38.0. The van der Waals surface area contributed by atoms with Gasteiger partial charge in [-0.3, -0.25) is 19.2 Å². The van der Waals surface area contributed by atoms with E-state index in [0.717, 1.165) is 96.9 Å². The van der Waals surface area contributed by atoms with Crippen LogP contribution in [0.1, 0.15) is 221 Å². The molecule has 1 unspecified atom stereocenters. The maximum Gasteiger partial charge on any atom is 0.293 e. The molecule has 3 N–H and O–H groups in total. The molecule has 0 bridgehead atoms. The molecule has 0 radical (unpaired) electrons. The van der Waals surface area contributed by atoms with Crippen molar-refractivity contribution in [1.29, 1.82) is 0 Å². The van der Waals surface area contributed by atoms with Crippen LogP contribution in [0.25, 0.3) is 0 Å². The topological polar surface area (TPSA) is 144 Å². The minimum atomic E-state index is -0.423. The van der Waals surface area contributed by atoms with Gasteiger partial charge in [-0.15, -0.1) is 0 Å². The minimum Gasteiger partial charge on any atom is -0.483 e. The summed E-state index contributed by atoms with van der Waals surface area (Å²) in [7, 11) is 1.67. The van der Waals surface area contributed by atoms with Gasteiger partial charge in [0.1, 0.15) is 17.5 Å². The zero-order chi connectivity index (χ0) is 46.2. The first-order valence-electron chi connectivity index (χ1n) is 25.6. The Labute approximate surface area is 380 Å². The lowest BCUT2D eigenvalue weighted by atomic mass is 9.93. The van der Waals surface area contributed by atoms with Gasteiger partial charge in [-0.25, -0.2) is 0 Å². The predicted octanol–water partition coefficient (Wildman–Crippen LogP) is 12.3. The molecule has 62 heavy (non-hydrogen) atoms. The van der Waals surface area contributed by atoms with Gasteiger partial charge in [0.05, 0.1) is 0 Å². The highest BCUT2D eigenvalue weighted by atomic mass is 16.5. The fourth-order valence-electron chi connectivity index (χ4n) is 7.78. The SMILES string of the molecule is CCCCCCCCC(CC)CCCOCCCN(CCCNc1c(NC)c(=O)c1=O)CCCOCCCC.CCCCCCCCC(CCCCCCCC)OC=O.O=CO. The molecule has 0 fully saturated rings. The smallest absolute Gasteiger partial charge is 0.293 e. The van der Waals surface area contributed by atoms with Crippen molar-refractivity contribution in [3.8, 4) is 0 Å².